The summed E-state index contributed by atoms with van der Waals surface area (Å²) in [7, 11) is 1.59. The molecular weight excluding hydrogens is 322 g/mol. The Labute approximate surface area is 148 Å². The van der Waals surface area contributed by atoms with Crippen LogP contribution in [0.5, 0.6) is 11.6 Å². The van der Waals surface area contributed by atoms with E-state index in [1.165, 1.54) is 6.20 Å². The number of aromatic nitrogens is 1. The van der Waals surface area contributed by atoms with Crippen molar-refractivity contribution in [2.24, 2.45) is 0 Å². The molecule has 0 radical (unpaired) electrons. The van der Waals surface area contributed by atoms with Gasteiger partial charge in [0.25, 0.3) is 0 Å². The van der Waals surface area contributed by atoms with Crippen LogP contribution in [-0.2, 0) is 4.74 Å². The fraction of sp³-hybridized carbons (Fsp3) is 0.579. The zero-order chi connectivity index (χ0) is 18.3. The summed E-state index contributed by atoms with van der Waals surface area (Å²) in [6.45, 7) is 4.77. The Morgan fingerprint density at radius 1 is 1.24 bits per heavy atom. The molecule has 0 spiro atoms. The molecule has 0 unspecified atom stereocenters. The predicted octanol–water partition coefficient (Wildman–Crippen LogP) is 2.94. The summed E-state index contributed by atoms with van der Waals surface area (Å²) in [4.78, 5) is 15.5. The molecule has 1 aromatic rings. The number of hydrogen-bond donors (Lipinski definition) is 1. The minimum atomic E-state index is -0.843. The Balaban J connectivity index is 2.09. The number of aldehydes is 1. The predicted molar refractivity (Wildman–Crippen MR) is 94.3 cm³/mol. The fourth-order valence-electron chi connectivity index (χ4n) is 2.99. The van der Waals surface area contributed by atoms with E-state index in [0.717, 1.165) is 43.1 Å². The number of pyridine rings is 1. The summed E-state index contributed by atoms with van der Waals surface area (Å²) in [6.07, 6.45) is 6.18. The first-order valence-corrected chi connectivity index (χ1v) is 8.59. The number of hydrogen-bond acceptors (Lipinski definition) is 6. The molecule has 0 bridgehead atoms. The molecule has 1 aliphatic carbocycles. The number of aliphatic hydroxyl groups is 1. The van der Waals surface area contributed by atoms with Gasteiger partial charge in [-0.25, -0.2) is 4.98 Å². The molecule has 0 atom stereocenters. The minimum absolute atomic E-state index is 0.353. The summed E-state index contributed by atoms with van der Waals surface area (Å²) >= 11 is 0. The van der Waals surface area contributed by atoms with Crippen LogP contribution in [-0.4, -0.2) is 48.9 Å². The van der Waals surface area contributed by atoms with Gasteiger partial charge in [-0.1, -0.05) is 0 Å². The van der Waals surface area contributed by atoms with Gasteiger partial charge in [0.15, 0.2) is 6.29 Å². The molecule has 1 aromatic heterocycles. The number of carbonyl (C=O) groups is 1. The zero-order valence-electron chi connectivity index (χ0n) is 15.2. The van der Waals surface area contributed by atoms with Crippen molar-refractivity contribution in [2.45, 2.75) is 45.1 Å². The highest BCUT2D eigenvalue weighted by Crippen LogP contribution is 2.33. The van der Waals surface area contributed by atoms with Crippen molar-refractivity contribution in [3.63, 3.8) is 0 Å². The van der Waals surface area contributed by atoms with Crippen LogP contribution in [0.1, 0.15) is 49.9 Å². The van der Waals surface area contributed by atoms with Crippen LogP contribution in [0.25, 0.3) is 0 Å². The topological polar surface area (TPSA) is 77.9 Å². The first-order valence-electron chi connectivity index (χ1n) is 8.59. The van der Waals surface area contributed by atoms with E-state index in [1.807, 2.05) is 0 Å². The Hall–Kier alpha value is -1.92. The number of ether oxygens (including phenoxy) is 3. The van der Waals surface area contributed by atoms with Gasteiger partial charge in [-0.2, -0.15) is 0 Å². The molecular formula is C19H27NO5. The molecule has 0 fully saturated rings. The lowest BCUT2D eigenvalue weighted by Gasteiger charge is -2.29. The van der Waals surface area contributed by atoms with Gasteiger partial charge in [0.1, 0.15) is 19.0 Å². The zero-order valence-corrected chi connectivity index (χ0v) is 15.2. The molecule has 25 heavy (non-hydrogen) atoms. The Morgan fingerprint density at radius 3 is 2.68 bits per heavy atom. The van der Waals surface area contributed by atoms with Gasteiger partial charge in [0, 0.05) is 13.2 Å². The van der Waals surface area contributed by atoms with Gasteiger partial charge in [-0.3, -0.25) is 4.79 Å². The summed E-state index contributed by atoms with van der Waals surface area (Å²) in [5.74, 6) is 0.780. The van der Waals surface area contributed by atoms with E-state index in [9.17, 15) is 9.90 Å². The van der Waals surface area contributed by atoms with Crippen molar-refractivity contribution in [3.05, 3.63) is 29.0 Å². The third-order valence-corrected chi connectivity index (χ3v) is 4.26. The van der Waals surface area contributed by atoms with Crippen LogP contribution < -0.4 is 9.47 Å². The van der Waals surface area contributed by atoms with Crippen molar-refractivity contribution in [3.8, 4) is 11.6 Å². The minimum Gasteiger partial charge on any atom is -0.487 e. The highest BCUT2D eigenvalue weighted by molar-refractivity contribution is 5.79. The smallest absolute Gasteiger partial charge is 0.214 e. The van der Waals surface area contributed by atoms with Crippen LogP contribution in [0.4, 0.5) is 0 Å². The van der Waals surface area contributed by atoms with Crippen LogP contribution in [0.2, 0.25) is 0 Å². The Kier molecular flexibility index (Phi) is 6.96. The second-order valence-corrected chi connectivity index (χ2v) is 6.66. The second-order valence-electron chi connectivity index (χ2n) is 6.66. The lowest BCUT2D eigenvalue weighted by atomic mass is 9.83. The summed E-state index contributed by atoms with van der Waals surface area (Å²) in [5.41, 5.74) is 1.70. The third kappa shape index (κ3) is 5.54. The first kappa shape index (κ1) is 19.4. The van der Waals surface area contributed by atoms with Crippen molar-refractivity contribution < 1.29 is 24.1 Å². The molecule has 6 heteroatoms. The van der Waals surface area contributed by atoms with E-state index in [4.69, 9.17) is 14.2 Å². The molecule has 0 amide bonds. The van der Waals surface area contributed by atoms with Gasteiger partial charge in [0.2, 0.25) is 5.88 Å². The molecule has 1 aliphatic rings. The summed E-state index contributed by atoms with van der Waals surface area (Å²) in [5, 5.41) is 10.3. The average Bonchev–Trinajstić information content (AvgIpc) is 2.60. The average molecular weight is 349 g/mol. The monoisotopic (exact) mass is 349 g/mol. The Morgan fingerprint density at radius 2 is 2.00 bits per heavy atom. The molecule has 0 aliphatic heterocycles. The number of methoxy groups -OCH3 is 1. The standard InChI is InChI=1S/C19H27NO5/c1-19(2,22)16-7-5-4-6-14(16)13-25-17-11-20-18(10-15(17)12-21)24-9-8-23-3/h10-12,22H,4-9,13H2,1-3H3. The number of carbonyl (C=O) groups excluding carboxylic acids is 1. The number of nitrogens with zero attached hydrogens (tertiary/aromatic N) is 1. The highest BCUT2D eigenvalue weighted by Gasteiger charge is 2.25. The maximum absolute atomic E-state index is 11.3. The van der Waals surface area contributed by atoms with Crippen LogP contribution in [0, 0.1) is 0 Å². The SMILES string of the molecule is COCCOc1cc(C=O)c(OCC2=C(C(C)(C)O)CCCC2)cn1. The van der Waals surface area contributed by atoms with Gasteiger partial charge < -0.3 is 19.3 Å². The molecule has 6 nitrogen and oxygen atoms in total. The van der Waals surface area contributed by atoms with Crippen molar-refractivity contribution in [1.82, 2.24) is 4.98 Å². The molecule has 0 aromatic carbocycles. The quantitative estimate of drug-likeness (QED) is 0.420. The van der Waals surface area contributed by atoms with Crippen molar-refractivity contribution in [2.75, 3.05) is 26.9 Å². The normalized spacial score (nSPS) is 15.2. The van der Waals surface area contributed by atoms with E-state index in [-0.39, 0.29) is 0 Å². The van der Waals surface area contributed by atoms with E-state index < -0.39 is 5.60 Å². The van der Waals surface area contributed by atoms with E-state index in [1.54, 1.807) is 27.0 Å². The van der Waals surface area contributed by atoms with Gasteiger partial charge in [-0.05, 0) is 50.7 Å². The molecule has 0 saturated carbocycles. The van der Waals surface area contributed by atoms with Crippen LogP contribution in [0.15, 0.2) is 23.4 Å². The van der Waals surface area contributed by atoms with E-state index >= 15 is 0 Å². The highest BCUT2D eigenvalue weighted by atomic mass is 16.5. The van der Waals surface area contributed by atoms with Gasteiger partial charge >= 0.3 is 0 Å². The maximum atomic E-state index is 11.3. The largest absolute Gasteiger partial charge is 0.487 e. The van der Waals surface area contributed by atoms with Crippen molar-refractivity contribution in [1.29, 1.82) is 0 Å². The lowest BCUT2D eigenvalue weighted by Crippen LogP contribution is -2.27. The molecule has 138 valence electrons. The second kappa shape index (κ2) is 8.97. The fourth-order valence-corrected chi connectivity index (χ4v) is 2.99. The first-order chi connectivity index (χ1) is 12.0. The van der Waals surface area contributed by atoms with Crippen LogP contribution >= 0.6 is 0 Å². The van der Waals surface area contributed by atoms with Gasteiger partial charge in [0.05, 0.1) is 24.0 Å². The molecule has 1 heterocycles. The summed E-state index contributed by atoms with van der Waals surface area (Å²) < 4.78 is 16.2. The van der Waals surface area contributed by atoms with E-state index in [0.29, 0.717) is 37.0 Å². The summed E-state index contributed by atoms with van der Waals surface area (Å²) in [6, 6.07) is 1.56. The van der Waals surface area contributed by atoms with E-state index in [2.05, 4.69) is 4.98 Å². The third-order valence-electron chi connectivity index (χ3n) is 4.26. The maximum Gasteiger partial charge on any atom is 0.214 e. The lowest BCUT2D eigenvalue weighted by molar-refractivity contribution is 0.109. The molecule has 0 saturated heterocycles. The number of rotatable bonds is 9. The van der Waals surface area contributed by atoms with Crippen molar-refractivity contribution >= 4 is 6.29 Å². The molecule has 1 N–H and O–H groups in total. The Bertz CT molecular complexity index is 619. The van der Waals surface area contributed by atoms with Gasteiger partial charge in [-0.15, -0.1) is 0 Å². The van der Waals surface area contributed by atoms with Crippen LogP contribution in [0.3, 0.4) is 0 Å². The molecule has 2 rings (SSSR count).